The zero-order chi connectivity index (χ0) is 23.3. The van der Waals surface area contributed by atoms with Crippen molar-refractivity contribution in [1.29, 1.82) is 0 Å². The van der Waals surface area contributed by atoms with Gasteiger partial charge in [-0.1, -0.05) is 30.7 Å². The first-order valence-electron chi connectivity index (χ1n) is 10.2. The topological polar surface area (TPSA) is 84.5 Å². The van der Waals surface area contributed by atoms with E-state index in [2.05, 4.69) is 15.4 Å². The van der Waals surface area contributed by atoms with E-state index in [0.717, 1.165) is 16.9 Å². The number of esters is 1. The number of amides is 3. The average molecular weight is 459 g/mol. The van der Waals surface area contributed by atoms with Crippen LogP contribution >= 0.6 is 11.8 Å². The van der Waals surface area contributed by atoms with E-state index in [9.17, 15) is 18.8 Å². The Hall–Kier alpha value is -3.13. The summed E-state index contributed by atoms with van der Waals surface area (Å²) in [6.45, 7) is 0.367. The van der Waals surface area contributed by atoms with Crippen LogP contribution in [0.25, 0.3) is 11.6 Å². The maximum absolute atomic E-state index is 13.4. The number of urea groups is 1. The highest BCUT2D eigenvalue weighted by Crippen LogP contribution is 2.21. The fraction of sp³-hybridized carbons (Fsp3) is 0.292. The molecule has 0 atom stereocenters. The standard InChI is InChI=1S/C24H27FN2O4S/c1-31-22(28)6-4-3-5-15-26-24(30)27-23(29)21(18-9-11-19(25)12-10-18)16-17-7-13-20(32-2)14-8-17/h7-14,16H,3-6,15H2,1-2H3,(H2,26,27,29,30)/b21-16+. The molecule has 2 aromatic carbocycles. The molecule has 32 heavy (non-hydrogen) atoms. The van der Waals surface area contributed by atoms with Gasteiger partial charge >= 0.3 is 12.0 Å². The van der Waals surface area contributed by atoms with Gasteiger partial charge in [0.15, 0.2) is 0 Å². The zero-order valence-corrected chi connectivity index (χ0v) is 19.0. The number of carbonyl (C=O) groups is 3. The largest absolute Gasteiger partial charge is 0.469 e. The Labute approximate surface area is 191 Å². The van der Waals surface area contributed by atoms with Gasteiger partial charge in [0.05, 0.1) is 7.11 Å². The summed E-state index contributed by atoms with van der Waals surface area (Å²) in [7, 11) is 1.35. The number of unbranched alkanes of at least 4 members (excludes halogenated alkanes) is 2. The normalized spacial score (nSPS) is 11.0. The molecular weight excluding hydrogens is 431 g/mol. The summed E-state index contributed by atoms with van der Waals surface area (Å²) in [6.07, 6.45) is 6.05. The number of thioether (sulfide) groups is 1. The third-order valence-corrected chi connectivity index (χ3v) is 5.37. The number of nitrogens with one attached hydrogen (secondary N) is 2. The Morgan fingerprint density at radius 2 is 1.69 bits per heavy atom. The van der Waals surface area contributed by atoms with Crippen molar-refractivity contribution >= 4 is 41.3 Å². The van der Waals surface area contributed by atoms with Crippen molar-refractivity contribution in [1.82, 2.24) is 10.6 Å². The van der Waals surface area contributed by atoms with Crippen LogP contribution in [0.4, 0.5) is 9.18 Å². The fourth-order valence-electron chi connectivity index (χ4n) is 2.87. The quantitative estimate of drug-likeness (QED) is 0.178. The van der Waals surface area contributed by atoms with Gasteiger partial charge in [-0.15, -0.1) is 11.8 Å². The second-order valence-corrected chi connectivity index (χ2v) is 7.81. The molecule has 0 unspecified atom stereocenters. The van der Waals surface area contributed by atoms with Crippen LogP contribution in [0.2, 0.25) is 0 Å². The van der Waals surface area contributed by atoms with Gasteiger partial charge in [-0.05, 0) is 60.6 Å². The van der Waals surface area contributed by atoms with Crippen LogP contribution in [0.5, 0.6) is 0 Å². The van der Waals surface area contributed by atoms with Gasteiger partial charge in [0.2, 0.25) is 0 Å². The second kappa shape index (κ2) is 13.3. The maximum Gasteiger partial charge on any atom is 0.321 e. The van der Waals surface area contributed by atoms with Crippen LogP contribution in [0.3, 0.4) is 0 Å². The average Bonchev–Trinajstić information content (AvgIpc) is 2.80. The van der Waals surface area contributed by atoms with Gasteiger partial charge in [0.1, 0.15) is 5.82 Å². The van der Waals surface area contributed by atoms with Crippen LogP contribution in [0.15, 0.2) is 53.4 Å². The van der Waals surface area contributed by atoms with Crippen LogP contribution in [0.1, 0.15) is 36.8 Å². The SMILES string of the molecule is COC(=O)CCCCCNC(=O)NC(=O)/C(=C/c1ccc(SC)cc1)c1ccc(F)cc1. The van der Waals surface area contributed by atoms with Gasteiger partial charge in [-0.3, -0.25) is 14.9 Å². The predicted molar refractivity (Wildman–Crippen MR) is 125 cm³/mol. The summed E-state index contributed by atoms with van der Waals surface area (Å²) < 4.78 is 17.9. The van der Waals surface area contributed by atoms with E-state index < -0.39 is 17.8 Å². The van der Waals surface area contributed by atoms with E-state index in [0.29, 0.717) is 31.4 Å². The van der Waals surface area contributed by atoms with Crippen molar-refractivity contribution in [2.45, 2.75) is 30.6 Å². The molecular formula is C24H27FN2O4S. The van der Waals surface area contributed by atoms with E-state index in [1.54, 1.807) is 17.8 Å². The number of halogens is 1. The molecule has 0 saturated heterocycles. The molecule has 3 amide bonds. The van der Waals surface area contributed by atoms with E-state index in [-0.39, 0.29) is 11.5 Å². The second-order valence-electron chi connectivity index (χ2n) is 6.93. The first-order valence-corrected chi connectivity index (χ1v) is 11.4. The Morgan fingerprint density at radius 3 is 2.31 bits per heavy atom. The molecule has 0 radical (unpaired) electrons. The number of ether oxygens (including phenoxy) is 1. The highest BCUT2D eigenvalue weighted by Gasteiger charge is 2.15. The number of hydrogen-bond donors (Lipinski definition) is 2. The van der Waals surface area contributed by atoms with E-state index in [1.807, 2.05) is 30.5 Å². The minimum absolute atomic E-state index is 0.245. The molecule has 0 heterocycles. The molecule has 0 aliphatic rings. The number of imide groups is 1. The van der Waals surface area contributed by atoms with E-state index in [1.165, 1.54) is 31.4 Å². The molecule has 0 aromatic heterocycles. The number of hydrogen-bond acceptors (Lipinski definition) is 5. The number of rotatable bonds is 10. The third kappa shape index (κ3) is 8.55. The van der Waals surface area contributed by atoms with Crippen molar-refractivity contribution in [2.75, 3.05) is 19.9 Å². The Morgan fingerprint density at radius 1 is 1.00 bits per heavy atom. The summed E-state index contributed by atoms with van der Waals surface area (Å²) >= 11 is 1.61. The van der Waals surface area contributed by atoms with Crippen LogP contribution in [-0.2, 0) is 14.3 Å². The monoisotopic (exact) mass is 458 g/mol. The fourth-order valence-corrected chi connectivity index (χ4v) is 3.27. The van der Waals surface area contributed by atoms with Crippen molar-refractivity contribution < 1.29 is 23.5 Å². The van der Waals surface area contributed by atoms with E-state index >= 15 is 0 Å². The van der Waals surface area contributed by atoms with Crippen LogP contribution < -0.4 is 10.6 Å². The van der Waals surface area contributed by atoms with Crippen LogP contribution in [-0.4, -0.2) is 37.8 Å². The van der Waals surface area contributed by atoms with Gasteiger partial charge in [0, 0.05) is 23.4 Å². The lowest BCUT2D eigenvalue weighted by Gasteiger charge is -2.10. The Balaban J connectivity index is 2.00. The lowest BCUT2D eigenvalue weighted by atomic mass is 10.0. The summed E-state index contributed by atoms with van der Waals surface area (Å²) in [4.78, 5) is 37.1. The molecule has 2 N–H and O–H groups in total. The first kappa shape index (κ1) is 25.1. The molecule has 0 saturated carbocycles. The highest BCUT2D eigenvalue weighted by atomic mass is 32.2. The van der Waals surface area contributed by atoms with Gasteiger partial charge in [0.25, 0.3) is 5.91 Å². The van der Waals surface area contributed by atoms with Crippen molar-refractivity contribution in [3.05, 3.63) is 65.5 Å². The smallest absolute Gasteiger partial charge is 0.321 e. The molecule has 0 spiro atoms. The molecule has 0 fully saturated rings. The summed E-state index contributed by atoms with van der Waals surface area (Å²) in [6, 6.07) is 12.5. The maximum atomic E-state index is 13.4. The van der Waals surface area contributed by atoms with Gasteiger partial charge in [-0.25, -0.2) is 9.18 Å². The van der Waals surface area contributed by atoms with E-state index in [4.69, 9.17) is 0 Å². The molecule has 6 nitrogen and oxygen atoms in total. The van der Waals surface area contributed by atoms with Crippen molar-refractivity contribution in [2.24, 2.45) is 0 Å². The third-order valence-electron chi connectivity index (χ3n) is 4.62. The van der Waals surface area contributed by atoms with Crippen molar-refractivity contribution in [3.8, 4) is 0 Å². The highest BCUT2D eigenvalue weighted by molar-refractivity contribution is 7.98. The number of carbonyl (C=O) groups excluding carboxylic acids is 3. The molecule has 8 heteroatoms. The van der Waals surface area contributed by atoms with Gasteiger partial charge in [-0.2, -0.15) is 0 Å². The molecule has 2 rings (SSSR count). The Bertz CT molecular complexity index is 943. The first-order chi connectivity index (χ1) is 15.4. The molecule has 2 aromatic rings. The van der Waals surface area contributed by atoms with Crippen LogP contribution in [0, 0.1) is 5.82 Å². The summed E-state index contributed by atoms with van der Waals surface area (Å²) in [5.41, 5.74) is 1.52. The number of methoxy groups -OCH3 is 1. The summed E-state index contributed by atoms with van der Waals surface area (Å²) in [5, 5.41) is 4.96. The molecule has 170 valence electrons. The summed E-state index contributed by atoms with van der Waals surface area (Å²) in [5.74, 6) is -1.26. The molecule has 0 aliphatic heterocycles. The molecule has 0 bridgehead atoms. The lowest BCUT2D eigenvalue weighted by Crippen LogP contribution is -2.40. The van der Waals surface area contributed by atoms with Crippen molar-refractivity contribution in [3.63, 3.8) is 0 Å². The lowest BCUT2D eigenvalue weighted by molar-refractivity contribution is -0.140. The molecule has 0 aliphatic carbocycles. The van der Waals surface area contributed by atoms with Gasteiger partial charge < -0.3 is 10.1 Å². The Kier molecular flexibility index (Phi) is 10.5. The number of benzene rings is 2. The minimum atomic E-state index is -0.617. The predicted octanol–water partition coefficient (Wildman–Crippen LogP) is 4.65. The minimum Gasteiger partial charge on any atom is -0.469 e. The zero-order valence-electron chi connectivity index (χ0n) is 18.2.